The van der Waals surface area contributed by atoms with Crippen LogP contribution in [0.4, 0.5) is 5.69 Å². The quantitative estimate of drug-likeness (QED) is 0.564. The first kappa shape index (κ1) is 18.6. The summed E-state index contributed by atoms with van der Waals surface area (Å²) in [4.78, 5) is 23.3. The Morgan fingerprint density at radius 2 is 2.00 bits per heavy atom. The lowest BCUT2D eigenvalue weighted by atomic mass is 10.1. The van der Waals surface area contributed by atoms with Gasteiger partial charge in [-0.3, -0.25) is 4.98 Å². The van der Waals surface area contributed by atoms with Crippen LogP contribution >= 0.6 is 0 Å². The van der Waals surface area contributed by atoms with Crippen molar-refractivity contribution in [3.05, 3.63) is 65.6 Å². The summed E-state index contributed by atoms with van der Waals surface area (Å²) >= 11 is 0. The molecule has 2 aromatic carbocycles. The third-order valence-corrected chi connectivity index (χ3v) is 5.76. The van der Waals surface area contributed by atoms with Crippen LogP contribution in [-0.4, -0.2) is 51.9 Å². The van der Waals surface area contributed by atoms with E-state index in [1.807, 2.05) is 35.9 Å². The first-order valence-corrected chi connectivity index (χ1v) is 10.00. The third kappa shape index (κ3) is 3.17. The Kier molecular flexibility index (Phi) is 4.59. The fraction of sp³-hybridized carbons (Fsp3) is 0.261. The summed E-state index contributed by atoms with van der Waals surface area (Å²) in [6, 6.07) is 13.8. The van der Waals surface area contributed by atoms with Gasteiger partial charge in [0.25, 0.3) is 0 Å². The summed E-state index contributed by atoms with van der Waals surface area (Å²) in [6.07, 6.45) is 2.38. The zero-order valence-corrected chi connectivity index (χ0v) is 16.7. The van der Waals surface area contributed by atoms with Crippen LogP contribution in [0.5, 0.6) is 0 Å². The van der Waals surface area contributed by atoms with Gasteiger partial charge < -0.3 is 19.3 Å². The van der Waals surface area contributed by atoms with Gasteiger partial charge in [0.05, 0.1) is 29.8 Å². The van der Waals surface area contributed by atoms with Crippen LogP contribution in [0.25, 0.3) is 21.9 Å². The lowest BCUT2D eigenvalue weighted by Crippen LogP contribution is -2.36. The van der Waals surface area contributed by atoms with Gasteiger partial charge in [-0.15, -0.1) is 0 Å². The normalized spacial score (nSPS) is 14.5. The maximum Gasteiger partial charge on any atom is 0.338 e. The molecule has 1 saturated heterocycles. The number of ether oxygens (including phenoxy) is 1. The molecule has 7 nitrogen and oxygen atoms in total. The van der Waals surface area contributed by atoms with Crippen molar-refractivity contribution in [2.75, 3.05) is 31.2 Å². The standard InChI is InChI=1S/C23H22N4O3/c1-26-20-14-16(27-8-10-30-11-9-27)13-18(23(28)29)22(20)25-21(26)12-15-4-2-6-19-17(15)5-3-7-24-19/h2-7,13-14H,8-12H2,1H3,(H,28,29). The number of rotatable bonds is 4. The summed E-state index contributed by atoms with van der Waals surface area (Å²) in [7, 11) is 1.95. The van der Waals surface area contributed by atoms with Crippen molar-refractivity contribution in [1.29, 1.82) is 0 Å². The van der Waals surface area contributed by atoms with Gasteiger partial charge in [-0.05, 0) is 29.8 Å². The molecule has 5 rings (SSSR count). The van der Waals surface area contributed by atoms with E-state index in [0.717, 1.165) is 46.6 Å². The fourth-order valence-electron chi connectivity index (χ4n) is 4.14. The molecule has 1 fully saturated rings. The van der Waals surface area contributed by atoms with E-state index >= 15 is 0 Å². The number of anilines is 1. The second kappa shape index (κ2) is 7.42. The Balaban J connectivity index is 1.62. The highest BCUT2D eigenvalue weighted by Crippen LogP contribution is 2.29. The van der Waals surface area contributed by atoms with E-state index in [2.05, 4.69) is 22.0 Å². The molecule has 152 valence electrons. The molecule has 0 bridgehead atoms. The minimum Gasteiger partial charge on any atom is -0.478 e. The van der Waals surface area contributed by atoms with Crippen molar-refractivity contribution in [2.45, 2.75) is 6.42 Å². The first-order chi connectivity index (χ1) is 14.6. The SMILES string of the molecule is Cn1c(Cc2cccc3ncccc23)nc2c(C(=O)O)cc(N3CCOCC3)cc21. The molecular formula is C23H22N4O3. The van der Waals surface area contributed by atoms with Crippen LogP contribution in [0, 0.1) is 0 Å². The maximum absolute atomic E-state index is 12.0. The zero-order valence-electron chi connectivity index (χ0n) is 16.7. The largest absolute Gasteiger partial charge is 0.478 e. The maximum atomic E-state index is 12.0. The van der Waals surface area contributed by atoms with E-state index in [-0.39, 0.29) is 5.56 Å². The Bertz CT molecular complexity index is 1250. The number of carboxylic acid groups (broad SMARTS) is 1. The number of pyridine rings is 1. The molecule has 3 heterocycles. The van der Waals surface area contributed by atoms with Crippen molar-refractivity contribution in [3.8, 4) is 0 Å². The summed E-state index contributed by atoms with van der Waals surface area (Å²) in [5.41, 5.74) is 4.53. The summed E-state index contributed by atoms with van der Waals surface area (Å²) < 4.78 is 7.44. The third-order valence-electron chi connectivity index (χ3n) is 5.76. The monoisotopic (exact) mass is 402 g/mol. The van der Waals surface area contributed by atoms with Gasteiger partial charge in [-0.2, -0.15) is 0 Å². The number of carboxylic acids is 1. The predicted molar refractivity (Wildman–Crippen MR) is 115 cm³/mol. The molecule has 1 aliphatic heterocycles. The average molecular weight is 402 g/mol. The van der Waals surface area contributed by atoms with Crippen LogP contribution in [0.2, 0.25) is 0 Å². The van der Waals surface area contributed by atoms with E-state index in [4.69, 9.17) is 9.72 Å². The van der Waals surface area contributed by atoms with Crippen LogP contribution in [0.15, 0.2) is 48.7 Å². The second-order valence-electron chi connectivity index (χ2n) is 7.52. The van der Waals surface area contributed by atoms with Crippen molar-refractivity contribution in [1.82, 2.24) is 14.5 Å². The average Bonchev–Trinajstić information content (AvgIpc) is 3.09. The molecular weight excluding hydrogens is 380 g/mol. The second-order valence-corrected chi connectivity index (χ2v) is 7.52. The molecule has 0 spiro atoms. The Morgan fingerprint density at radius 1 is 1.17 bits per heavy atom. The van der Waals surface area contributed by atoms with Crippen LogP contribution in [0.3, 0.4) is 0 Å². The number of hydrogen-bond acceptors (Lipinski definition) is 5. The number of fused-ring (bicyclic) bond motifs is 2. The topological polar surface area (TPSA) is 80.5 Å². The smallest absolute Gasteiger partial charge is 0.338 e. The van der Waals surface area contributed by atoms with Crippen LogP contribution < -0.4 is 4.90 Å². The summed E-state index contributed by atoms with van der Waals surface area (Å²) in [6.45, 7) is 2.79. The molecule has 4 aromatic rings. The summed E-state index contributed by atoms with van der Waals surface area (Å²) in [5, 5.41) is 10.9. The van der Waals surface area contributed by atoms with Gasteiger partial charge in [0.15, 0.2) is 0 Å². The number of aromatic carboxylic acids is 1. The predicted octanol–water partition coefficient (Wildman–Crippen LogP) is 3.25. The van der Waals surface area contributed by atoms with Gasteiger partial charge in [0, 0.05) is 43.8 Å². The molecule has 0 unspecified atom stereocenters. The first-order valence-electron chi connectivity index (χ1n) is 10.00. The van der Waals surface area contributed by atoms with Gasteiger partial charge >= 0.3 is 5.97 Å². The highest BCUT2D eigenvalue weighted by atomic mass is 16.5. The molecule has 0 saturated carbocycles. The van der Waals surface area contributed by atoms with E-state index in [0.29, 0.717) is 25.2 Å². The highest BCUT2D eigenvalue weighted by Gasteiger charge is 2.21. The van der Waals surface area contributed by atoms with Crippen molar-refractivity contribution in [3.63, 3.8) is 0 Å². The fourth-order valence-corrected chi connectivity index (χ4v) is 4.14. The molecule has 0 atom stereocenters. The Morgan fingerprint density at radius 3 is 2.80 bits per heavy atom. The number of hydrogen-bond donors (Lipinski definition) is 1. The summed E-state index contributed by atoms with van der Waals surface area (Å²) in [5.74, 6) is -0.142. The number of imidazole rings is 1. The van der Waals surface area contributed by atoms with Gasteiger partial charge in [0.1, 0.15) is 11.3 Å². The van der Waals surface area contributed by atoms with Crippen molar-refractivity contribution < 1.29 is 14.6 Å². The lowest BCUT2D eigenvalue weighted by molar-refractivity contribution is 0.0699. The lowest BCUT2D eigenvalue weighted by Gasteiger charge is -2.29. The van der Waals surface area contributed by atoms with Gasteiger partial charge in [0.2, 0.25) is 0 Å². The molecule has 1 aliphatic rings. The van der Waals surface area contributed by atoms with E-state index in [1.165, 1.54) is 0 Å². The van der Waals surface area contributed by atoms with Gasteiger partial charge in [-0.1, -0.05) is 18.2 Å². The minimum atomic E-state index is -0.964. The number of aryl methyl sites for hydroxylation is 1. The highest BCUT2D eigenvalue weighted by molar-refractivity contribution is 6.03. The Hall–Kier alpha value is -3.45. The van der Waals surface area contributed by atoms with Crippen LogP contribution in [-0.2, 0) is 18.2 Å². The van der Waals surface area contributed by atoms with E-state index in [9.17, 15) is 9.90 Å². The molecule has 30 heavy (non-hydrogen) atoms. The number of benzene rings is 2. The molecule has 0 amide bonds. The number of aromatic nitrogens is 3. The van der Waals surface area contributed by atoms with Gasteiger partial charge in [-0.25, -0.2) is 9.78 Å². The van der Waals surface area contributed by atoms with Crippen molar-refractivity contribution >= 4 is 33.6 Å². The van der Waals surface area contributed by atoms with E-state index in [1.54, 1.807) is 12.3 Å². The molecule has 0 radical (unpaired) electrons. The number of morpholine rings is 1. The molecule has 1 N–H and O–H groups in total. The number of nitrogens with zero attached hydrogens (tertiary/aromatic N) is 4. The number of carbonyl (C=O) groups is 1. The molecule has 0 aliphatic carbocycles. The molecule has 2 aromatic heterocycles. The molecule has 7 heteroatoms. The minimum absolute atomic E-state index is 0.232. The van der Waals surface area contributed by atoms with Crippen molar-refractivity contribution in [2.24, 2.45) is 7.05 Å². The zero-order chi connectivity index (χ0) is 20.7. The van der Waals surface area contributed by atoms with Crippen LogP contribution in [0.1, 0.15) is 21.7 Å². The van der Waals surface area contributed by atoms with E-state index < -0.39 is 5.97 Å². The Labute approximate surface area is 173 Å².